The normalized spacial score (nSPS) is 10.7. The van der Waals surface area contributed by atoms with Crippen molar-refractivity contribution in [2.24, 2.45) is 0 Å². The number of hydrogen-bond acceptors (Lipinski definition) is 5. The first-order valence-electron chi connectivity index (χ1n) is 7.69. The van der Waals surface area contributed by atoms with Crippen molar-refractivity contribution in [1.82, 2.24) is 9.66 Å². The van der Waals surface area contributed by atoms with Gasteiger partial charge < -0.3 is 5.11 Å². The summed E-state index contributed by atoms with van der Waals surface area (Å²) in [7, 11) is 0. The highest BCUT2D eigenvalue weighted by Gasteiger charge is 2.13. The molecule has 0 saturated carbocycles. The number of thiophene rings is 1. The summed E-state index contributed by atoms with van der Waals surface area (Å²) in [4.78, 5) is 4.14. The Kier molecular flexibility index (Phi) is 3.84. The second-order valence-corrected chi connectivity index (χ2v) is 6.51. The zero-order valence-corrected chi connectivity index (χ0v) is 14.0. The van der Waals surface area contributed by atoms with Crippen molar-refractivity contribution >= 4 is 27.1 Å². The molecule has 25 heavy (non-hydrogen) atoms. The third-order valence-electron chi connectivity index (χ3n) is 4.02. The SMILES string of the molecule is N#Cc1ccc(N(Cc2csc3cc(O)ccc23)n2ccnc2)cc1. The Morgan fingerprint density at radius 1 is 1.20 bits per heavy atom. The molecule has 0 aliphatic heterocycles. The molecule has 4 aromatic rings. The molecule has 0 aliphatic carbocycles. The molecule has 122 valence electrons. The Hall–Kier alpha value is -3.30. The van der Waals surface area contributed by atoms with Crippen LogP contribution in [0, 0.1) is 11.3 Å². The number of nitrogens with zero attached hydrogens (tertiary/aromatic N) is 4. The third-order valence-corrected chi connectivity index (χ3v) is 5.02. The van der Waals surface area contributed by atoms with Gasteiger partial charge in [-0.3, -0.25) is 5.01 Å². The fourth-order valence-corrected chi connectivity index (χ4v) is 3.75. The minimum Gasteiger partial charge on any atom is -0.508 e. The van der Waals surface area contributed by atoms with E-state index in [0.717, 1.165) is 21.3 Å². The molecule has 0 atom stereocenters. The van der Waals surface area contributed by atoms with Crippen LogP contribution in [0.5, 0.6) is 5.75 Å². The molecule has 5 nitrogen and oxygen atoms in total. The maximum atomic E-state index is 9.66. The molecule has 0 unspecified atom stereocenters. The van der Waals surface area contributed by atoms with Crippen LogP contribution >= 0.6 is 11.3 Å². The van der Waals surface area contributed by atoms with Crippen LogP contribution in [-0.4, -0.2) is 14.8 Å². The average Bonchev–Trinajstić information content (AvgIpc) is 3.29. The quantitative estimate of drug-likeness (QED) is 0.603. The van der Waals surface area contributed by atoms with Crippen LogP contribution in [0.4, 0.5) is 5.69 Å². The van der Waals surface area contributed by atoms with Crippen molar-refractivity contribution in [1.29, 1.82) is 5.26 Å². The summed E-state index contributed by atoms with van der Waals surface area (Å²) in [6, 6.07) is 15.1. The number of fused-ring (bicyclic) bond motifs is 1. The summed E-state index contributed by atoms with van der Waals surface area (Å²) in [5.41, 5.74) is 2.76. The fourth-order valence-electron chi connectivity index (χ4n) is 2.76. The van der Waals surface area contributed by atoms with E-state index in [4.69, 9.17) is 5.26 Å². The number of hydrogen-bond donors (Lipinski definition) is 1. The molecule has 1 N–H and O–H groups in total. The molecule has 0 fully saturated rings. The minimum atomic E-state index is 0.277. The smallest absolute Gasteiger partial charge is 0.117 e. The van der Waals surface area contributed by atoms with Crippen LogP contribution in [0.25, 0.3) is 10.1 Å². The molecule has 0 saturated heterocycles. The Morgan fingerprint density at radius 3 is 2.76 bits per heavy atom. The molecule has 0 amide bonds. The predicted molar refractivity (Wildman–Crippen MR) is 98.5 cm³/mol. The summed E-state index contributed by atoms with van der Waals surface area (Å²) in [5, 5.41) is 24.0. The predicted octanol–water partition coefficient (Wildman–Crippen LogP) is 4.14. The van der Waals surface area contributed by atoms with Crippen molar-refractivity contribution in [2.75, 3.05) is 5.01 Å². The van der Waals surface area contributed by atoms with E-state index in [1.54, 1.807) is 36.0 Å². The summed E-state index contributed by atoms with van der Waals surface area (Å²) in [6.07, 6.45) is 5.37. The molecule has 0 radical (unpaired) electrons. The van der Waals surface area contributed by atoms with Crippen LogP contribution in [-0.2, 0) is 6.54 Å². The number of benzene rings is 2. The van der Waals surface area contributed by atoms with Crippen molar-refractivity contribution in [3.8, 4) is 11.8 Å². The molecular formula is C19H14N4OS. The van der Waals surface area contributed by atoms with Crippen molar-refractivity contribution < 1.29 is 5.11 Å². The van der Waals surface area contributed by atoms with Gasteiger partial charge in [0.2, 0.25) is 0 Å². The van der Waals surface area contributed by atoms with Gasteiger partial charge in [-0.25, -0.2) is 9.66 Å². The average molecular weight is 346 g/mol. The van der Waals surface area contributed by atoms with E-state index in [1.807, 2.05) is 41.2 Å². The van der Waals surface area contributed by atoms with E-state index in [1.165, 1.54) is 0 Å². The zero-order chi connectivity index (χ0) is 17.2. The summed E-state index contributed by atoms with van der Waals surface area (Å²) < 4.78 is 2.98. The maximum absolute atomic E-state index is 9.66. The highest BCUT2D eigenvalue weighted by Crippen LogP contribution is 2.31. The van der Waals surface area contributed by atoms with E-state index in [-0.39, 0.29) is 5.75 Å². The molecule has 0 aliphatic rings. The van der Waals surface area contributed by atoms with Gasteiger partial charge >= 0.3 is 0 Å². The van der Waals surface area contributed by atoms with Crippen molar-refractivity contribution in [2.45, 2.75) is 6.54 Å². The number of rotatable bonds is 4. The second kappa shape index (κ2) is 6.30. The lowest BCUT2D eigenvalue weighted by Crippen LogP contribution is -2.27. The van der Waals surface area contributed by atoms with Crippen LogP contribution in [0.1, 0.15) is 11.1 Å². The Bertz CT molecular complexity index is 1050. The first-order chi connectivity index (χ1) is 12.2. The highest BCUT2D eigenvalue weighted by molar-refractivity contribution is 7.17. The molecule has 2 heterocycles. The molecular weight excluding hydrogens is 332 g/mol. The van der Waals surface area contributed by atoms with E-state index in [9.17, 15) is 5.11 Å². The molecule has 0 spiro atoms. The van der Waals surface area contributed by atoms with Gasteiger partial charge in [-0.15, -0.1) is 11.3 Å². The number of aromatic hydroxyl groups is 1. The molecule has 6 heteroatoms. The number of nitriles is 1. The van der Waals surface area contributed by atoms with Crippen LogP contribution < -0.4 is 5.01 Å². The van der Waals surface area contributed by atoms with Gasteiger partial charge in [-0.1, -0.05) is 0 Å². The number of imidazole rings is 1. The topological polar surface area (TPSA) is 65.1 Å². The molecule has 2 aromatic heterocycles. The van der Waals surface area contributed by atoms with Crippen LogP contribution in [0.15, 0.2) is 66.6 Å². The van der Waals surface area contributed by atoms with Gasteiger partial charge in [0.25, 0.3) is 0 Å². The Labute approximate surface area is 148 Å². The van der Waals surface area contributed by atoms with Crippen LogP contribution in [0.3, 0.4) is 0 Å². The lowest BCUT2D eigenvalue weighted by Gasteiger charge is -2.25. The lowest BCUT2D eigenvalue weighted by molar-refractivity contribution is 0.476. The fraction of sp³-hybridized carbons (Fsp3) is 0.0526. The molecule has 0 bridgehead atoms. The zero-order valence-electron chi connectivity index (χ0n) is 13.2. The van der Waals surface area contributed by atoms with E-state index >= 15 is 0 Å². The van der Waals surface area contributed by atoms with Gasteiger partial charge in [0.15, 0.2) is 0 Å². The first kappa shape index (κ1) is 15.2. The lowest BCUT2D eigenvalue weighted by atomic mass is 10.1. The summed E-state index contributed by atoms with van der Waals surface area (Å²) in [5.74, 6) is 0.277. The molecule has 4 rings (SSSR count). The third kappa shape index (κ3) is 2.93. The maximum Gasteiger partial charge on any atom is 0.117 e. The van der Waals surface area contributed by atoms with Crippen LogP contribution in [0.2, 0.25) is 0 Å². The monoisotopic (exact) mass is 346 g/mol. The minimum absolute atomic E-state index is 0.277. The Balaban J connectivity index is 1.74. The van der Waals surface area contributed by atoms with E-state index < -0.39 is 0 Å². The molecule has 2 aromatic carbocycles. The summed E-state index contributed by atoms with van der Waals surface area (Å²) in [6.45, 7) is 0.646. The number of phenols is 1. The summed E-state index contributed by atoms with van der Waals surface area (Å²) >= 11 is 1.61. The Morgan fingerprint density at radius 2 is 2.04 bits per heavy atom. The van der Waals surface area contributed by atoms with Gasteiger partial charge in [0, 0.05) is 17.1 Å². The second-order valence-electron chi connectivity index (χ2n) is 5.60. The largest absolute Gasteiger partial charge is 0.508 e. The van der Waals surface area contributed by atoms with E-state index in [2.05, 4.69) is 21.4 Å². The highest BCUT2D eigenvalue weighted by atomic mass is 32.1. The van der Waals surface area contributed by atoms with Crippen molar-refractivity contribution in [3.05, 3.63) is 77.7 Å². The first-order valence-corrected chi connectivity index (χ1v) is 8.57. The van der Waals surface area contributed by atoms with Gasteiger partial charge in [-0.05, 0) is 58.8 Å². The number of phenolic OH excluding ortho intramolecular Hbond substituents is 1. The number of aromatic nitrogens is 2. The van der Waals surface area contributed by atoms with E-state index in [0.29, 0.717) is 12.1 Å². The number of anilines is 1. The van der Waals surface area contributed by atoms with Gasteiger partial charge in [0.1, 0.15) is 12.1 Å². The van der Waals surface area contributed by atoms with Crippen molar-refractivity contribution in [3.63, 3.8) is 0 Å². The standard InChI is InChI=1S/C19H14N4OS/c20-10-14-1-3-16(4-2-14)23(22-8-7-21-13-22)11-15-12-25-19-9-17(24)5-6-18(15)19/h1-9,12-13,24H,11H2. The van der Waals surface area contributed by atoms with Gasteiger partial charge in [0.05, 0.1) is 23.9 Å². The van der Waals surface area contributed by atoms with Gasteiger partial charge in [-0.2, -0.15) is 5.26 Å².